The highest BCUT2D eigenvalue weighted by atomic mass is 16.3. The number of nitrogens with one attached hydrogen (secondary N) is 1. The molecule has 1 saturated heterocycles. The van der Waals surface area contributed by atoms with Crippen LogP contribution in [0.4, 0.5) is 0 Å². The smallest absolute Gasteiger partial charge is 0.259 e. The highest BCUT2D eigenvalue weighted by Crippen LogP contribution is 2.37. The molecule has 14 heavy (non-hydrogen) atoms. The van der Waals surface area contributed by atoms with Gasteiger partial charge in [-0.25, -0.2) is 0 Å². The van der Waals surface area contributed by atoms with E-state index in [0.29, 0.717) is 6.42 Å². The second-order valence-electron chi connectivity index (χ2n) is 3.83. The lowest BCUT2D eigenvalue weighted by Gasteiger charge is -2.01. The fourth-order valence-electron chi connectivity index (χ4n) is 1.67. The number of carbonyl (C=O) groups is 2. The van der Waals surface area contributed by atoms with Gasteiger partial charge in [-0.05, 0) is 19.3 Å². The lowest BCUT2D eigenvalue weighted by atomic mass is 10.1. The van der Waals surface area contributed by atoms with Crippen LogP contribution in [-0.4, -0.2) is 22.8 Å². The first kappa shape index (κ1) is 9.24. The van der Waals surface area contributed by atoms with E-state index in [-0.39, 0.29) is 23.0 Å². The van der Waals surface area contributed by atoms with Crippen molar-refractivity contribution in [2.75, 3.05) is 0 Å². The van der Waals surface area contributed by atoms with Crippen molar-refractivity contribution in [2.45, 2.75) is 32.2 Å². The number of Topliss-reactive ketones (excluding diaryl/α,β-unsaturated/α-hetero) is 1. The van der Waals surface area contributed by atoms with E-state index in [1.165, 1.54) is 0 Å². The maximum atomic E-state index is 11.6. The van der Waals surface area contributed by atoms with Gasteiger partial charge >= 0.3 is 0 Å². The average molecular weight is 195 g/mol. The van der Waals surface area contributed by atoms with E-state index in [2.05, 4.69) is 5.32 Å². The number of allylic oxidation sites excluding steroid dienone is 1. The summed E-state index contributed by atoms with van der Waals surface area (Å²) in [4.78, 5) is 23.0. The van der Waals surface area contributed by atoms with Crippen molar-refractivity contribution in [2.24, 2.45) is 5.92 Å². The van der Waals surface area contributed by atoms with E-state index < -0.39 is 11.9 Å². The van der Waals surface area contributed by atoms with Gasteiger partial charge in [0.1, 0.15) is 11.3 Å². The molecule has 1 saturated carbocycles. The predicted molar refractivity (Wildman–Crippen MR) is 49.6 cm³/mol. The third-order valence-corrected chi connectivity index (χ3v) is 2.72. The van der Waals surface area contributed by atoms with Crippen LogP contribution >= 0.6 is 0 Å². The van der Waals surface area contributed by atoms with Crippen molar-refractivity contribution in [3.05, 3.63) is 11.3 Å². The van der Waals surface area contributed by atoms with E-state index in [4.69, 9.17) is 0 Å². The number of carbonyl (C=O) groups excluding carboxylic acids is 2. The molecule has 1 aliphatic carbocycles. The van der Waals surface area contributed by atoms with Gasteiger partial charge in [0.05, 0.1) is 6.04 Å². The van der Waals surface area contributed by atoms with E-state index >= 15 is 0 Å². The summed E-state index contributed by atoms with van der Waals surface area (Å²) < 4.78 is 0. The Balaban J connectivity index is 2.31. The topological polar surface area (TPSA) is 66.4 Å². The summed E-state index contributed by atoms with van der Waals surface area (Å²) in [6.07, 6.45) is 2.34. The number of hydrogen-bond acceptors (Lipinski definition) is 3. The van der Waals surface area contributed by atoms with Crippen LogP contribution < -0.4 is 5.32 Å². The van der Waals surface area contributed by atoms with Gasteiger partial charge in [0.25, 0.3) is 5.91 Å². The summed E-state index contributed by atoms with van der Waals surface area (Å²) in [6.45, 7) is 1.83. The standard InChI is InChI=1S/C10H13NO3/c1-2-6-9(13)7(10(14)11-6)8(12)5-3-4-5/h5-6,12H,2-4H2,1H3,(H,11,14)/b8-7+. The highest BCUT2D eigenvalue weighted by molar-refractivity contribution is 6.26. The van der Waals surface area contributed by atoms with Gasteiger partial charge in [0.15, 0.2) is 5.78 Å². The molecule has 2 N–H and O–H groups in total. The third kappa shape index (κ3) is 1.31. The Bertz CT molecular complexity index is 328. The Morgan fingerprint density at radius 2 is 2.14 bits per heavy atom. The quantitative estimate of drug-likeness (QED) is 0.387. The molecule has 4 nitrogen and oxygen atoms in total. The summed E-state index contributed by atoms with van der Waals surface area (Å²) in [7, 11) is 0. The largest absolute Gasteiger partial charge is 0.511 e. The number of rotatable bonds is 2. The zero-order chi connectivity index (χ0) is 10.3. The summed E-state index contributed by atoms with van der Waals surface area (Å²) in [5.41, 5.74) is -0.000602. The molecule has 1 amide bonds. The summed E-state index contributed by atoms with van der Waals surface area (Å²) in [5, 5.41) is 12.2. The van der Waals surface area contributed by atoms with Crippen LogP contribution in [0.5, 0.6) is 0 Å². The SMILES string of the molecule is CCC1NC(=O)/C(=C(/O)C2CC2)C1=O. The highest BCUT2D eigenvalue weighted by Gasteiger charge is 2.40. The minimum atomic E-state index is -0.432. The van der Waals surface area contributed by atoms with Crippen LogP contribution in [0.25, 0.3) is 0 Å². The molecule has 0 aromatic carbocycles. The molecule has 0 bridgehead atoms. The summed E-state index contributed by atoms with van der Waals surface area (Å²) >= 11 is 0. The molecule has 0 spiro atoms. The third-order valence-electron chi connectivity index (χ3n) is 2.72. The van der Waals surface area contributed by atoms with Gasteiger partial charge in [-0.15, -0.1) is 0 Å². The molecule has 4 heteroatoms. The minimum absolute atomic E-state index is 0.000602. The summed E-state index contributed by atoms with van der Waals surface area (Å²) in [5.74, 6) is -0.605. The van der Waals surface area contributed by atoms with Crippen LogP contribution in [0.2, 0.25) is 0 Å². The van der Waals surface area contributed by atoms with E-state index in [1.54, 1.807) is 0 Å². The van der Waals surface area contributed by atoms with Crippen molar-refractivity contribution in [1.29, 1.82) is 0 Å². The van der Waals surface area contributed by atoms with Gasteiger partial charge < -0.3 is 10.4 Å². The summed E-state index contributed by atoms with van der Waals surface area (Å²) in [6, 6.07) is -0.432. The van der Waals surface area contributed by atoms with Gasteiger partial charge in [-0.3, -0.25) is 9.59 Å². The first-order valence-corrected chi connectivity index (χ1v) is 4.93. The molecule has 0 radical (unpaired) electrons. The molecule has 76 valence electrons. The van der Waals surface area contributed by atoms with Crippen molar-refractivity contribution >= 4 is 11.7 Å². The molecule has 1 unspecified atom stereocenters. The maximum absolute atomic E-state index is 11.6. The lowest BCUT2D eigenvalue weighted by molar-refractivity contribution is -0.117. The van der Waals surface area contributed by atoms with E-state index in [9.17, 15) is 14.7 Å². The van der Waals surface area contributed by atoms with Crippen molar-refractivity contribution in [3.8, 4) is 0 Å². The molecule has 2 aliphatic rings. The van der Waals surface area contributed by atoms with Gasteiger partial charge in [0.2, 0.25) is 0 Å². The number of aliphatic hydroxyl groups is 1. The fourth-order valence-corrected chi connectivity index (χ4v) is 1.67. The molecule has 1 heterocycles. The maximum Gasteiger partial charge on any atom is 0.259 e. The van der Waals surface area contributed by atoms with Crippen LogP contribution in [0, 0.1) is 5.92 Å². The van der Waals surface area contributed by atoms with Crippen LogP contribution in [-0.2, 0) is 9.59 Å². The Hall–Kier alpha value is -1.32. The molecular weight excluding hydrogens is 182 g/mol. The first-order valence-electron chi connectivity index (χ1n) is 4.93. The number of ketones is 1. The first-order chi connectivity index (χ1) is 6.65. The van der Waals surface area contributed by atoms with Crippen LogP contribution in [0.1, 0.15) is 26.2 Å². The average Bonchev–Trinajstić information content (AvgIpc) is 2.93. The van der Waals surface area contributed by atoms with Crippen molar-refractivity contribution in [3.63, 3.8) is 0 Å². The monoisotopic (exact) mass is 195 g/mol. The second kappa shape index (κ2) is 3.12. The zero-order valence-corrected chi connectivity index (χ0v) is 8.04. The van der Waals surface area contributed by atoms with Crippen molar-refractivity contribution in [1.82, 2.24) is 5.32 Å². The molecular formula is C10H13NO3. The molecule has 1 atom stereocenters. The number of aliphatic hydroxyl groups excluding tert-OH is 1. The minimum Gasteiger partial charge on any atom is -0.511 e. The second-order valence-corrected chi connectivity index (χ2v) is 3.83. The van der Waals surface area contributed by atoms with Crippen molar-refractivity contribution < 1.29 is 14.7 Å². The predicted octanol–water partition coefficient (Wildman–Crippen LogP) is 0.686. The normalized spacial score (nSPS) is 30.5. The van der Waals surface area contributed by atoms with Crippen LogP contribution in [0.15, 0.2) is 11.3 Å². The van der Waals surface area contributed by atoms with E-state index in [0.717, 1.165) is 12.8 Å². The van der Waals surface area contributed by atoms with Gasteiger partial charge in [0, 0.05) is 5.92 Å². The van der Waals surface area contributed by atoms with Gasteiger partial charge in [-0.2, -0.15) is 0 Å². The Morgan fingerprint density at radius 1 is 1.50 bits per heavy atom. The molecule has 1 aliphatic heterocycles. The molecule has 2 rings (SSSR count). The lowest BCUT2D eigenvalue weighted by Crippen LogP contribution is -2.27. The molecule has 2 fully saturated rings. The molecule has 0 aromatic rings. The Morgan fingerprint density at radius 3 is 2.57 bits per heavy atom. The van der Waals surface area contributed by atoms with E-state index in [1.807, 2.05) is 6.92 Å². The number of hydrogen-bond donors (Lipinski definition) is 2. The molecule has 0 aromatic heterocycles. The Labute approximate surface area is 82.0 Å². The van der Waals surface area contributed by atoms with Crippen LogP contribution in [0.3, 0.4) is 0 Å². The fraction of sp³-hybridized carbons (Fsp3) is 0.600. The number of amides is 1. The zero-order valence-electron chi connectivity index (χ0n) is 8.04. The van der Waals surface area contributed by atoms with Gasteiger partial charge in [-0.1, -0.05) is 6.92 Å². The Kier molecular flexibility index (Phi) is 2.06.